The van der Waals surface area contributed by atoms with Crippen molar-refractivity contribution in [3.05, 3.63) is 72.3 Å². The molecule has 0 unspecified atom stereocenters. The number of rotatable bonds is 16. The minimum atomic E-state index is -0.474. The lowest BCUT2D eigenvalue weighted by Crippen LogP contribution is -2.31. The molecule has 0 aliphatic heterocycles. The number of ether oxygens (including phenoxy) is 2. The van der Waals surface area contributed by atoms with Crippen molar-refractivity contribution >= 4 is 17.7 Å². The predicted octanol–water partition coefficient (Wildman–Crippen LogP) is 7.71. The Morgan fingerprint density at radius 2 is 1.38 bits per heavy atom. The van der Waals surface area contributed by atoms with Gasteiger partial charge in [-0.15, -0.1) is 0 Å². The number of ketones is 1. The number of benzene rings is 2. The van der Waals surface area contributed by atoms with Gasteiger partial charge in [0, 0.05) is 25.2 Å². The third-order valence-corrected chi connectivity index (χ3v) is 8.42. The second-order valence-corrected chi connectivity index (χ2v) is 11.1. The van der Waals surface area contributed by atoms with Crippen molar-refractivity contribution in [2.45, 2.75) is 89.4 Å². The maximum Gasteiger partial charge on any atom is 0.312 e. The van der Waals surface area contributed by atoms with Crippen LogP contribution in [0.15, 0.2) is 61.2 Å². The van der Waals surface area contributed by atoms with Gasteiger partial charge < -0.3 is 9.47 Å². The zero-order chi connectivity index (χ0) is 27.5. The van der Waals surface area contributed by atoms with Crippen LogP contribution < -0.4 is 0 Å². The number of fused-ring (bicyclic) bond motifs is 3. The van der Waals surface area contributed by atoms with Gasteiger partial charge >= 0.3 is 11.9 Å². The van der Waals surface area contributed by atoms with Gasteiger partial charge in [-0.25, -0.2) is 0 Å². The first-order valence-corrected chi connectivity index (χ1v) is 14.7. The van der Waals surface area contributed by atoms with E-state index < -0.39 is 5.41 Å². The minimum Gasteiger partial charge on any atom is -0.465 e. The summed E-state index contributed by atoms with van der Waals surface area (Å²) in [6.07, 6.45) is 11.9. The molecule has 5 heteroatoms. The molecule has 0 N–H and O–H groups in total. The molecule has 0 bridgehead atoms. The van der Waals surface area contributed by atoms with Gasteiger partial charge in [-0.3, -0.25) is 14.4 Å². The summed E-state index contributed by atoms with van der Waals surface area (Å²) in [6.45, 7) is 4.22. The van der Waals surface area contributed by atoms with E-state index in [9.17, 15) is 14.4 Å². The first kappa shape index (κ1) is 28.8. The molecule has 2 aromatic carbocycles. The van der Waals surface area contributed by atoms with Crippen molar-refractivity contribution in [2.75, 3.05) is 13.2 Å². The lowest BCUT2D eigenvalue weighted by molar-refractivity contribution is -0.155. The molecule has 0 radical (unpaired) electrons. The van der Waals surface area contributed by atoms with E-state index in [2.05, 4.69) is 43.0 Å². The number of esters is 2. The average molecular weight is 531 g/mol. The first-order chi connectivity index (χ1) is 19.0. The number of carbonyl (C=O) groups excluding carboxylic acids is 3. The van der Waals surface area contributed by atoms with Crippen LogP contribution in [0.4, 0.5) is 0 Å². The predicted molar refractivity (Wildman–Crippen MR) is 153 cm³/mol. The zero-order valence-corrected chi connectivity index (χ0v) is 23.1. The Labute approximate surface area is 233 Å². The Balaban J connectivity index is 1.07. The maximum absolute atomic E-state index is 12.5. The summed E-state index contributed by atoms with van der Waals surface area (Å²) in [5.41, 5.74) is 4.45. The molecule has 5 nitrogen and oxygen atoms in total. The van der Waals surface area contributed by atoms with Gasteiger partial charge in [0.1, 0.15) is 19.0 Å². The number of hydrogen-bond donors (Lipinski definition) is 0. The molecule has 2 aromatic rings. The monoisotopic (exact) mass is 530 g/mol. The van der Waals surface area contributed by atoms with Crippen molar-refractivity contribution in [3.63, 3.8) is 0 Å². The molecule has 4 rings (SSSR count). The van der Waals surface area contributed by atoms with E-state index in [1.54, 1.807) is 6.08 Å². The van der Waals surface area contributed by atoms with Gasteiger partial charge in [0.2, 0.25) is 0 Å². The van der Waals surface area contributed by atoms with Crippen LogP contribution in [0.5, 0.6) is 0 Å². The van der Waals surface area contributed by atoms with Crippen molar-refractivity contribution in [1.82, 2.24) is 0 Å². The molecule has 0 amide bonds. The van der Waals surface area contributed by atoms with Crippen molar-refractivity contribution in [3.8, 4) is 11.1 Å². The lowest BCUT2D eigenvalue weighted by atomic mass is 9.80. The highest BCUT2D eigenvalue weighted by atomic mass is 16.5. The Morgan fingerprint density at radius 3 is 2.03 bits per heavy atom. The largest absolute Gasteiger partial charge is 0.465 e. The molecule has 1 fully saturated rings. The molecule has 208 valence electrons. The summed E-state index contributed by atoms with van der Waals surface area (Å²) in [5.74, 6) is 0.0280. The fourth-order valence-corrected chi connectivity index (χ4v) is 6.21. The SMILES string of the molecule is C=CCOC(=O)C1(CCC(=O)CCCCCCCC(=O)OCC2c3ccccc3-c3ccccc32)CCCC1. The van der Waals surface area contributed by atoms with Crippen molar-refractivity contribution < 1.29 is 23.9 Å². The Kier molecular flexibility index (Phi) is 10.5. The van der Waals surface area contributed by atoms with Crippen LogP contribution in [0.2, 0.25) is 0 Å². The topological polar surface area (TPSA) is 69.7 Å². The van der Waals surface area contributed by atoms with Gasteiger partial charge in [0.25, 0.3) is 0 Å². The van der Waals surface area contributed by atoms with Crippen LogP contribution in [-0.4, -0.2) is 30.9 Å². The third-order valence-electron chi connectivity index (χ3n) is 8.42. The highest BCUT2D eigenvalue weighted by Gasteiger charge is 2.42. The van der Waals surface area contributed by atoms with E-state index in [0.717, 1.165) is 57.8 Å². The van der Waals surface area contributed by atoms with Crippen LogP contribution in [0.25, 0.3) is 11.1 Å². The molecule has 0 heterocycles. The third kappa shape index (κ3) is 7.46. The highest BCUT2D eigenvalue weighted by Crippen LogP contribution is 2.45. The van der Waals surface area contributed by atoms with Crippen LogP contribution in [0.1, 0.15) is 101 Å². The molecule has 0 spiro atoms. The fraction of sp³-hybridized carbons (Fsp3) is 0.500. The van der Waals surface area contributed by atoms with Gasteiger partial charge in [-0.1, -0.05) is 93.3 Å². The highest BCUT2D eigenvalue weighted by molar-refractivity contribution is 5.81. The molecular weight excluding hydrogens is 488 g/mol. The summed E-state index contributed by atoms with van der Waals surface area (Å²) < 4.78 is 11.0. The van der Waals surface area contributed by atoms with Gasteiger partial charge in [-0.2, -0.15) is 0 Å². The van der Waals surface area contributed by atoms with Crippen molar-refractivity contribution in [1.29, 1.82) is 0 Å². The molecule has 0 saturated heterocycles. The standard InChI is InChI=1S/C34H42O5/c1-2-24-38-33(37)34(21-12-13-22-34)23-20-26(35)14-6-4-3-5-7-19-32(36)39-25-31-29-17-10-8-15-27(29)28-16-9-11-18-30(28)31/h2,8-11,15-18,31H,1,3-7,12-14,19-25H2. The molecule has 2 aliphatic rings. The Hall–Kier alpha value is -3.21. The summed E-state index contributed by atoms with van der Waals surface area (Å²) in [7, 11) is 0. The number of carbonyl (C=O) groups is 3. The molecule has 39 heavy (non-hydrogen) atoms. The summed E-state index contributed by atoms with van der Waals surface area (Å²) >= 11 is 0. The first-order valence-electron chi connectivity index (χ1n) is 14.7. The zero-order valence-electron chi connectivity index (χ0n) is 23.1. The Bertz CT molecular complexity index is 1100. The number of Topliss-reactive ketones (excluding diaryl/α,β-unsaturated/α-hetero) is 1. The number of hydrogen-bond acceptors (Lipinski definition) is 5. The van der Waals surface area contributed by atoms with Crippen LogP contribution in [-0.2, 0) is 23.9 Å². The van der Waals surface area contributed by atoms with Gasteiger partial charge in [0.05, 0.1) is 5.41 Å². The summed E-state index contributed by atoms with van der Waals surface area (Å²) in [4.78, 5) is 37.4. The number of unbranched alkanes of at least 4 members (excludes halogenated alkanes) is 4. The summed E-state index contributed by atoms with van der Waals surface area (Å²) in [5, 5.41) is 0. The molecule has 0 aromatic heterocycles. The normalized spacial score (nSPS) is 15.4. The smallest absolute Gasteiger partial charge is 0.312 e. The molecule has 1 saturated carbocycles. The van der Waals surface area contributed by atoms with Crippen LogP contribution in [0, 0.1) is 5.41 Å². The molecule has 2 aliphatic carbocycles. The van der Waals surface area contributed by atoms with E-state index in [4.69, 9.17) is 9.47 Å². The quantitative estimate of drug-likeness (QED) is 0.126. The summed E-state index contributed by atoms with van der Waals surface area (Å²) in [6, 6.07) is 16.7. The average Bonchev–Trinajstić information content (AvgIpc) is 3.57. The Morgan fingerprint density at radius 1 is 0.795 bits per heavy atom. The van der Waals surface area contributed by atoms with E-state index >= 15 is 0 Å². The molecular formula is C34H42O5. The van der Waals surface area contributed by atoms with E-state index in [0.29, 0.717) is 32.3 Å². The van der Waals surface area contributed by atoms with Crippen LogP contribution in [0.3, 0.4) is 0 Å². The van der Waals surface area contributed by atoms with Gasteiger partial charge in [0.15, 0.2) is 0 Å². The van der Waals surface area contributed by atoms with Crippen LogP contribution >= 0.6 is 0 Å². The second-order valence-electron chi connectivity index (χ2n) is 11.1. The molecule has 0 atom stereocenters. The minimum absolute atomic E-state index is 0.0974. The fourth-order valence-electron chi connectivity index (χ4n) is 6.21. The maximum atomic E-state index is 12.5. The lowest BCUT2D eigenvalue weighted by Gasteiger charge is -2.26. The van der Waals surface area contributed by atoms with E-state index in [1.807, 2.05) is 12.1 Å². The van der Waals surface area contributed by atoms with Crippen molar-refractivity contribution in [2.24, 2.45) is 5.41 Å². The van der Waals surface area contributed by atoms with E-state index in [1.165, 1.54) is 22.3 Å². The van der Waals surface area contributed by atoms with E-state index in [-0.39, 0.29) is 30.2 Å². The van der Waals surface area contributed by atoms with Gasteiger partial charge in [-0.05, 0) is 54.4 Å². The second kappa shape index (κ2) is 14.3.